The minimum Gasteiger partial charge on any atom is -0.460 e. The second kappa shape index (κ2) is 5.68. The van der Waals surface area contributed by atoms with E-state index < -0.39 is 0 Å². The lowest BCUT2D eigenvalue weighted by Crippen LogP contribution is -2.20. The van der Waals surface area contributed by atoms with E-state index in [-0.39, 0.29) is 19.1 Å². The maximum atomic E-state index is 11.1. The van der Waals surface area contributed by atoms with Gasteiger partial charge in [0, 0.05) is 11.3 Å². The molecule has 0 atom stereocenters. The number of ether oxygens (including phenoxy) is 1. The molecule has 0 aliphatic rings. The van der Waals surface area contributed by atoms with Crippen molar-refractivity contribution in [1.29, 1.82) is 0 Å². The Morgan fingerprint density at radius 1 is 1.60 bits per heavy atom. The molecule has 0 spiro atoms. The van der Waals surface area contributed by atoms with Crippen molar-refractivity contribution in [1.82, 2.24) is 10.3 Å². The van der Waals surface area contributed by atoms with Gasteiger partial charge in [0.05, 0.1) is 6.54 Å². The van der Waals surface area contributed by atoms with Crippen molar-refractivity contribution in [3.8, 4) is 0 Å². The molecule has 0 radical (unpaired) electrons. The number of nitrogens with zero attached hydrogens (tertiary/aromatic N) is 1. The Kier molecular flexibility index (Phi) is 4.52. The zero-order valence-electron chi connectivity index (χ0n) is 8.71. The Balaban J connectivity index is 2.54. The van der Waals surface area contributed by atoms with Crippen molar-refractivity contribution in [2.75, 3.05) is 13.6 Å². The van der Waals surface area contributed by atoms with E-state index >= 15 is 0 Å². The number of likely N-dealkylation sites (N-methyl/N-ethyl adjacent to an activating group) is 1. The van der Waals surface area contributed by atoms with Crippen molar-refractivity contribution >= 4 is 17.6 Å². The summed E-state index contributed by atoms with van der Waals surface area (Å²) in [7, 11) is 1.69. The van der Waals surface area contributed by atoms with Crippen molar-refractivity contribution < 1.29 is 9.53 Å². The van der Waals surface area contributed by atoms with Crippen LogP contribution in [0.3, 0.4) is 0 Å². The lowest BCUT2D eigenvalue weighted by atomic mass is 10.2. The fourth-order valence-electron chi connectivity index (χ4n) is 1.07. The summed E-state index contributed by atoms with van der Waals surface area (Å²) in [5.74, 6) is -0.285. The predicted molar refractivity (Wildman–Crippen MR) is 57.7 cm³/mol. The van der Waals surface area contributed by atoms with Crippen LogP contribution in [0, 0.1) is 6.92 Å². The number of hydrogen-bond donors (Lipinski definition) is 1. The Morgan fingerprint density at radius 2 is 2.33 bits per heavy atom. The number of aryl methyl sites for hydroxylation is 1. The second-order valence-electron chi connectivity index (χ2n) is 3.07. The number of aromatic nitrogens is 1. The van der Waals surface area contributed by atoms with Gasteiger partial charge in [0.1, 0.15) is 11.8 Å². The third-order valence-electron chi connectivity index (χ3n) is 1.87. The van der Waals surface area contributed by atoms with Crippen LogP contribution in [-0.2, 0) is 16.1 Å². The molecule has 15 heavy (non-hydrogen) atoms. The summed E-state index contributed by atoms with van der Waals surface area (Å²) < 4.78 is 5.00. The lowest BCUT2D eigenvalue weighted by Gasteiger charge is -2.06. The van der Waals surface area contributed by atoms with Crippen LogP contribution in [0.5, 0.6) is 0 Å². The molecule has 0 bridgehead atoms. The predicted octanol–water partition coefficient (Wildman–Crippen LogP) is 1.31. The van der Waals surface area contributed by atoms with Crippen LogP contribution in [0.1, 0.15) is 11.3 Å². The molecule has 0 fully saturated rings. The van der Waals surface area contributed by atoms with Gasteiger partial charge in [-0.2, -0.15) is 0 Å². The van der Waals surface area contributed by atoms with Crippen LogP contribution in [-0.4, -0.2) is 24.5 Å². The first-order chi connectivity index (χ1) is 7.13. The molecule has 1 aromatic heterocycles. The van der Waals surface area contributed by atoms with E-state index in [4.69, 9.17) is 16.3 Å². The highest BCUT2D eigenvalue weighted by molar-refractivity contribution is 6.29. The largest absolute Gasteiger partial charge is 0.460 e. The zero-order chi connectivity index (χ0) is 11.3. The van der Waals surface area contributed by atoms with Crippen molar-refractivity contribution in [2.24, 2.45) is 0 Å². The van der Waals surface area contributed by atoms with Gasteiger partial charge in [0.15, 0.2) is 0 Å². The van der Waals surface area contributed by atoms with Gasteiger partial charge in [-0.1, -0.05) is 17.7 Å². The Labute approximate surface area is 93.6 Å². The van der Waals surface area contributed by atoms with E-state index in [1.54, 1.807) is 19.2 Å². The maximum Gasteiger partial charge on any atom is 0.320 e. The van der Waals surface area contributed by atoms with Gasteiger partial charge in [-0.3, -0.25) is 4.79 Å². The molecule has 1 aromatic rings. The van der Waals surface area contributed by atoms with E-state index in [0.29, 0.717) is 5.15 Å². The number of carbonyl (C=O) groups excluding carboxylic acids is 1. The number of halogens is 1. The molecular weight excluding hydrogens is 216 g/mol. The summed E-state index contributed by atoms with van der Waals surface area (Å²) in [6, 6.07) is 3.48. The van der Waals surface area contributed by atoms with Crippen LogP contribution in [0.4, 0.5) is 0 Å². The van der Waals surface area contributed by atoms with Crippen LogP contribution in [0.25, 0.3) is 0 Å². The van der Waals surface area contributed by atoms with Crippen molar-refractivity contribution in [2.45, 2.75) is 13.5 Å². The van der Waals surface area contributed by atoms with E-state index in [1.165, 1.54) is 0 Å². The first-order valence-electron chi connectivity index (χ1n) is 4.55. The third kappa shape index (κ3) is 3.85. The molecule has 4 nitrogen and oxygen atoms in total. The highest BCUT2D eigenvalue weighted by atomic mass is 35.5. The average molecular weight is 229 g/mol. The summed E-state index contributed by atoms with van der Waals surface area (Å²) in [5.41, 5.74) is 1.64. The number of pyridine rings is 1. The zero-order valence-corrected chi connectivity index (χ0v) is 9.47. The highest BCUT2D eigenvalue weighted by Gasteiger charge is 2.04. The average Bonchev–Trinajstić information content (AvgIpc) is 2.17. The minimum atomic E-state index is -0.285. The monoisotopic (exact) mass is 228 g/mol. The van der Waals surface area contributed by atoms with Crippen molar-refractivity contribution in [3.05, 3.63) is 28.5 Å². The molecular formula is C10H13ClN2O2. The molecule has 0 saturated carbocycles. The molecule has 82 valence electrons. The van der Waals surface area contributed by atoms with Gasteiger partial charge in [-0.15, -0.1) is 0 Å². The van der Waals surface area contributed by atoms with Gasteiger partial charge in [-0.25, -0.2) is 4.98 Å². The van der Waals surface area contributed by atoms with Gasteiger partial charge >= 0.3 is 5.97 Å². The van der Waals surface area contributed by atoms with E-state index in [2.05, 4.69) is 10.3 Å². The van der Waals surface area contributed by atoms with Crippen LogP contribution >= 0.6 is 11.6 Å². The summed E-state index contributed by atoms with van der Waals surface area (Å²) >= 11 is 5.70. The highest BCUT2D eigenvalue weighted by Crippen LogP contribution is 2.11. The normalized spacial score (nSPS) is 10.1. The molecule has 5 heteroatoms. The Bertz CT molecular complexity index is 355. The summed E-state index contributed by atoms with van der Waals surface area (Å²) in [6.07, 6.45) is 0. The summed E-state index contributed by atoms with van der Waals surface area (Å²) in [6.45, 7) is 2.27. The van der Waals surface area contributed by atoms with Gasteiger partial charge in [0.2, 0.25) is 0 Å². The molecule has 0 amide bonds. The van der Waals surface area contributed by atoms with E-state index in [9.17, 15) is 4.79 Å². The first-order valence-corrected chi connectivity index (χ1v) is 4.93. The van der Waals surface area contributed by atoms with Gasteiger partial charge < -0.3 is 10.1 Å². The summed E-state index contributed by atoms with van der Waals surface area (Å²) in [5, 5.41) is 3.16. The number of rotatable bonds is 4. The quantitative estimate of drug-likeness (QED) is 0.624. The van der Waals surface area contributed by atoms with E-state index in [0.717, 1.165) is 11.3 Å². The molecule has 0 saturated heterocycles. The van der Waals surface area contributed by atoms with Crippen LogP contribution < -0.4 is 5.32 Å². The number of carbonyl (C=O) groups is 1. The Hall–Kier alpha value is -1.13. The van der Waals surface area contributed by atoms with E-state index in [1.807, 2.05) is 6.92 Å². The molecule has 1 rings (SSSR count). The fourth-order valence-corrected chi connectivity index (χ4v) is 1.26. The standard InChI is InChI=1S/C10H13ClN2O2/c1-7-8(3-4-9(11)13-7)6-15-10(14)5-12-2/h3-4,12H,5-6H2,1-2H3. The smallest absolute Gasteiger partial charge is 0.320 e. The second-order valence-corrected chi connectivity index (χ2v) is 3.46. The fraction of sp³-hybridized carbons (Fsp3) is 0.400. The van der Waals surface area contributed by atoms with Crippen LogP contribution in [0.2, 0.25) is 5.15 Å². The number of esters is 1. The molecule has 1 heterocycles. The SMILES string of the molecule is CNCC(=O)OCc1ccc(Cl)nc1C. The van der Waals surface area contributed by atoms with Gasteiger partial charge in [0.25, 0.3) is 0 Å². The number of nitrogens with one attached hydrogen (secondary N) is 1. The number of hydrogen-bond acceptors (Lipinski definition) is 4. The van der Waals surface area contributed by atoms with Gasteiger partial charge in [-0.05, 0) is 20.0 Å². The maximum absolute atomic E-state index is 11.1. The lowest BCUT2D eigenvalue weighted by molar-refractivity contribution is -0.143. The topological polar surface area (TPSA) is 51.2 Å². The molecule has 0 aliphatic carbocycles. The Morgan fingerprint density at radius 3 is 2.93 bits per heavy atom. The molecule has 0 aliphatic heterocycles. The summed E-state index contributed by atoms with van der Waals surface area (Å²) in [4.78, 5) is 15.1. The first kappa shape index (κ1) is 11.9. The minimum absolute atomic E-state index is 0.208. The molecule has 0 unspecified atom stereocenters. The third-order valence-corrected chi connectivity index (χ3v) is 2.08. The molecule has 1 N–H and O–H groups in total. The van der Waals surface area contributed by atoms with Crippen LogP contribution in [0.15, 0.2) is 12.1 Å². The molecule has 0 aromatic carbocycles. The van der Waals surface area contributed by atoms with Crippen molar-refractivity contribution in [3.63, 3.8) is 0 Å².